The van der Waals surface area contributed by atoms with E-state index in [9.17, 15) is 4.39 Å². The van der Waals surface area contributed by atoms with E-state index in [1.165, 1.54) is 12.1 Å². The van der Waals surface area contributed by atoms with Crippen LogP contribution < -0.4 is 15.0 Å². The molecule has 20 heavy (non-hydrogen) atoms. The summed E-state index contributed by atoms with van der Waals surface area (Å²) in [7, 11) is 1.60. The highest BCUT2D eigenvalue weighted by molar-refractivity contribution is 6.37. The van der Waals surface area contributed by atoms with Gasteiger partial charge in [0, 0.05) is 25.2 Å². The van der Waals surface area contributed by atoms with Gasteiger partial charge in [0.05, 0.1) is 7.11 Å². The molecule has 1 aromatic carbocycles. The number of benzene rings is 1. The first-order valence-electron chi connectivity index (χ1n) is 6.46. The second-order valence-electron chi connectivity index (χ2n) is 4.98. The van der Waals surface area contributed by atoms with Crippen molar-refractivity contribution in [3.05, 3.63) is 34.7 Å². The van der Waals surface area contributed by atoms with Crippen molar-refractivity contribution in [2.24, 2.45) is 0 Å². The number of methoxy groups -OCH3 is 1. The number of rotatable bonds is 3. The Labute approximate surface area is 120 Å². The predicted octanol–water partition coefficient (Wildman–Crippen LogP) is 3.02. The number of nitrogens with zero attached hydrogens (tertiary/aromatic N) is 2. The summed E-state index contributed by atoms with van der Waals surface area (Å²) in [4.78, 5) is 2.21. The van der Waals surface area contributed by atoms with Crippen LogP contribution in [0.5, 0.6) is 5.75 Å². The van der Waals surface area contributed by atoms with E-state index < -0.39 is 0 Å². The number of hydrogen-bond donors (Lipinski definition) is 1. The van der Waals surface area contributed by atoms with E-state index in [1.54, 1.807) is 13.2 Å². The number of ether oxygens (including phenoxy) is 1. The van der Waals surface area contributed by atoms with Crippen molar-refractivity contribution < 1.29 is 9.13 Å². The minimum absolute atomic E-state index is 0.246. The van der Waals surface area contributed by atoms with Gasteiger partial charge in [-0.05, 0) is 18.2 Å². The molecule has 0 aromatic heterocycles. The van der Waals surface area contributed by atoms with Crippen molar-refractivity contribution >= 4 is 23.1 Å². The van der Waals surface area contributed by atoms with Gasteiger partial charge in [0.1, 0.15) is 33.9 Å². The van der Waals surface area contributed by atoms with E-state index in [-0.39, 0.29) is 5.82 Å². The number of hydrogen-bond acceptors (Lipinski definition) is 3. The smallest absolute Gasteiger partial charge is 0.142 e. The van der Waals surface area contributed by atoms with Crippen LogP contribution in [0.2, 0.25) is 5.15 Å². The van der Waals surface area contributed by atoms with E-state index in [4.69, 9.17) is 16.3 Å². The summed E-state index contributed by atoms with van der Waals surface area (Å²) in [5.41, 5.74) is 3.06. The van der Waals surface area contributed by atoms with Crippen molar-refractivity contribution in [2.45, 2.75) is 6.54 Å². The molecule has 3 aliphatic rings. The molecule has 3 aliphatic heterocycles. The molecule has 0 aliphatic carbocycles. The van der Waals surface area contributed by atoms with Crippen molar-refractivity contribution in [3.8, 4) is 11.4 Å². The quantitative estimate of drug-likeness (QED) is 0.805. The lowest BCUT2D eigenvalue weighted by molar-refractivity contribution is 0.407. The van der Waals surface area contributed by atoms with Crippen LogP contribution in [0.15, 0.2) is 18.2 Å². The van der Waals surface area contributed by atoms with Crippen LogP contribution in [-0.4, -0.2) is 24.8 Å². The van der Waals surface area contributed by atoms with Gasteiger partial charge >= 0.3 is 0 Å². The SMILES string of the molecule is COc1ccc(F)cc1CN1CCNc2c1c1c(Cl)n2-1. The average Bonchev–Trinajstić information content (AvgIpc) is 2.99. The highest BCUT2D eigenvalue weighted by Gasteiger charge is 2.41. The molecular weight excluding hydrogens is 281 g/mol. The van der Waals surface area contributed by atoms with Crippen molar-refractivity contribution in [1.29, 1.82) is 0 Å². The Morgan fingerprint density at radius 2 is 2.25 bits per heavy atom. The fraction of sp³-hybridized carbons (Fsp3) is 0.286. The maximum Gasteiger partial charge on any atom is 0.142 e. The second kappa shape index (κ2) is 4.06. The Balaban J connectivity index is 1.66. The largest absolute Gasteiger partial charge is 0.496 e. The minimum Gasteiger partial charge on any atom is -0.496 e. The Morgan fingerprint density at radius 1 is 1.40 bits per heavy atom. The summed E-state index contributed by atoms with van der Waals surface area (Å²) in [5.74, 6) is 1.52. The molecule has 1 N–H and O–H groups in total. The summed E-state index contributed by atoms with van der Waals surface area (Å²) in [6, 6.07) is 4.61. The summed E-state index contributed by atoms with van der Waals surface area (Å²) in [5, 5.41) is 4.12. The Kier molecular flexibility index (Phi) is 2.41. The van der Waals surface area contributed by atoms with Crippen LogP contribution in [0.3, 0.4) is 0 Å². The zero-order valence-electron chi connectivity index (χ0n) is 10.9. The first kappa shape index (κ1) is 11.9. The lowest BCUT2D eigenvalue weighted by atomic mass is 10.1. The average molecular weight is 294 g/mol. The highest BCUT2D eigenvalue weighted by atomic mass is 35.5. The molecule has 0 atom stereocenters. The van der Waals surface area contributed by atoms with Crippen LogP contribution in [0.1, 0.15) is 5.56 Å². The van der Waals surface area contributed by atoms with Gasteiger partial charge in [-0.25, -0.2) is 4.39 Å². The molecule has 0 radical (unpaired) electrons. The van der Waals surface area contributed by atoms with E-state index >= 15 is 0 Å². The molecule has 0 bridgehead atoms. The summed E-state index contributed by atoms with van der Waals surface area (Å²) < 4.78 is 20.7. The van der Waals surface area contributed by atoms with Crippen molar-refractivity contribution in [2.75, 3.05) is 30.4 Å². The second-order valence-corrected chi connectivity index (χ2v) is 5.33. The van der Waals surface area contributed by atoms with Crippen LogP contribution in [0, 0.1) is 5.82 Å². The summed E-state index contributed by atoms with van der Waals surface area (Å²) >= 11 is 6.09. The molecule has 0 saturated carbocycles. The zero-order valence-corrected chi connectivity index (χ0v) is 11.7. The minimum atomic E-state index is -0.246. The van der Waals surface area contributed by atoms with Crippen LogP contribution in [0.4, 0.5) is 15.9 Å². The van der Waals surface area contributed by atoms with Crippen LogP contribution >= 0.6 is 11.6 Å². The van der Waals surface area contributed by atoms with Gasteiger partial charge in [-0.1, -0.05) is 11.6 Å². The number of halogens is 2. The number of nitrogens with one attached hydrogen (secondary N) is 1. The number of anilines is 2. The van der Waals surface area contributed by atoms with E-state index in [2.05, 4.69) is 10.2 Å². The third-order valence-electron chi connectivity index (χ3n) is 3.83. The Bertz CT molecular complexity index is 713. The van der Waals surface area contributed by atoms with Gasteiger partial charge in [-0.3, -0.25) is 4.57 Å². The van der Waals surface area contributed by atoms with Gasteiger partial charge in [0.25, 0.3) is 0 Å². The van der Waals surface area contributed by atoms with Gasteiger partial charge in [-0.2, -0.15) is 0 Å². The molecule has 3 heterocycles. The lowest BCUT2D eigenvalue weighted by Gasteiger charge is -2.34. The molecule has 104 valence electrons. The number of fused-ring (bicyclic) bond motifs is 4. The third kappa shape index (κ3) is 1.53. The molecule has 6 heteroatoms. The summed E-state index contributed by atoms with van der Waals surface area (Å²) in [6.07, 6.45) is 0. The number of aromatic nitrogens is 1. The monoisotopic (exact) mass is 293 g/mol. The molecule has 4 rings (SSSR count). The lowest BCUT2D eigenvalue weighted by Crippen LogP contribution is -2.36. The fourth-order valence-electron chi connectivity index (χ4n) is 2.84. The van der Waals surface area contributed by atoms with Crippen LogP contribution in [0.25, 0.3) is 5.69 Å². The highest BCUT2D eigenvalue weighted by Crippen LogP contribution is 2.57. The van der Waals surface area contributed by atoms with Gasteiger partial charge in [0.2, 0.25) is 0 Å². The Hall–Kier alpha value is -1.88. The fourth-order valence-corrected chi connectivity index (χ4v) is 3.14. The van der Waals surface area contributed by atoms with Crippen molar-refractivity contribution in [1.82, 2.24) is 4.57 Å². The Morgan fingerprint density at radius 3 is 3.05 bits per heavy atom. The van der Waals surface area contributed by atoms with Gasteiger partial charge in [-0.15, -0.1) is 0 Å². The topological polar surface area (TPSA) is 29.4 Å². The van der Waals surface area contributed by atoms with Gasteiger partial charge in [0.15, 0.2) is 0 Å². The van der Waals surface area contributed by atoms with Crippen LogP contribution in [-0.2, 0) is 6.54 Å². The van der Waals surface area contributed by atoms with E-state index in [1.807, 2.05) is 4.57 Å². The normalized spacial score (nSPS) is 14.8. The maximum absolute atomic E-state index is 13.4. The molecule has 0 spiro atoms. The molecule has 1 aromatic rings. The third-order valence-corrected chi connectivity index (χ3v) is 4.18. The van der Waals surface area contributed by atoms with E-state index in [0.29, 0.717) is 12.3 Å². The molecule has 4 nitrogen and oxygen atoms in total. The molecular formula is C14H13ClFN3O. The molecule has 0 unspecified atom stereocenters. The van der Waals surface area contributed by atoms with Gasteiger partial charge < -0.3 is 15.0 Å². The predicted molar refractivity (Wildman–Crippen MR) is 76.8 cm³/mol. The molecule has 0 fully saturated rings. The zero-order chi connectivity index (χ0) is 13.9. The molecule has 0 amide bonds. The summed E-state index contributed by atoms with van der Waals surface area (Å²) in [6.45, 7) is 2.33. The standard InChI is InChI=1S/C14H13ClFN3O/c1-20-10-3-2-9(16)6-8(10)7-18-5-4-17-14-12(18)11-13(15)19(11)14/h2-3,6,17H,4-5,7H2,1H3. The molecule has 0 saturated heterocycles. The van der Waals surface area contributed by atoms with E-state index in [0.717, 1.165) is 41.0 Å². The maximum atomic E-state index is 13.4. The first-order chi connectivity index (χ1) is 9.70. The van der Waals surface area contributed by atoms with Crippen molar-refractivity contribution in [3.63, 3.8) is 0 Å². The first-order valence-corrected chi connectivity index (χ1v) is 6.84.